The highest BCUT2D eigenvalue weighted by Gasteiger charge is 2.50. The fourth-order valence-electron chi connectivity index (χ4n) is 3.17. The summed E-state index contributed by atoms with van der Waals surface area (Å²) in [6, 6.07) is 0. The van der Waals surface area contributed by atoms with Gasteiger partial charge in [-0.3, -0.25) is 4.79 Å². The Hall–Kier alpha value is -0.650. The zero-order chi connectivity index (χ0) is 11.9. The van der Waals surface area contributed by atoms with Crippen LogP contribution in [0.4, 0.5) is 0 Å². The number of carbonyl (C=O) groups excluding carboxylic acids is 1. The van der Waals surface area contributed by atoms with Crippen LogP contribution in [0.2, 0.25) is 0 Å². The predicted octanol–water partition coefficient (Wildman–Crippen LogP) is -0.672. The Morgan fingerprint density at radius 2 is 2.24 bits per heavy atom. The number of nitrogens with zero attached hydrogens (tertiary/aromatic N) is 1. The van der Waals surface area contributed by atoms with Gasteiger partial charge in [0.1, 0.15) is 6.10 Å². The van der Waals surface area contributed by atoms with Crippen molar-refractivity contribution in [3.8, 4) is 0 Å². The number of hydrogen-bond donors (Lipinski definition) is 2. The van der Waals surface area contributed by atoms with Gasteiger partial charge >= 0.3 is 0 Å². The largest absolute Gasteiger partial charge is 0.363 e. The van der Waals surface area contributed by atoms with Crippen LogP contribution < -0.4 is 10.6 Å². The van der Waals surface area contributed by atoms with Crippen molar-refractivity contribution in [3.63, 3.8) is 0 Å². The molecule has 0 aliphatic carbocycles. The van der Waals surface area contributed by atoms with Gasteiger partial charge in [-0.25, -0.2) is 0 Å². The fourth-order valence-corrected chi connectivity index (χ4v) is 3.17. The molecule has 0 bridgehead atoms. The topological polar surface area (TPSA) is 53.6 Å². The van der Waals surface area contributed by atoms with Crippen molar-refractivity contribution in [3.05, 3.63) is 0 Å². The van der Waals surface area contributed by atoms with E-state index in [1.165, 1.54) is 0 Å². The fraction of sp³-hybridized carbons (Fsp3) is 0.917. The summed E-state index contributed by atoms with van der Waals surface area (Å²) >= 11 is 0. The molecule has 1 unspecified atom stereocenters. The lowest BCUT2D eigenvalue weighted by molar-refractivity contribution is -0.164. The molecule has 0 aromatic rings. The summed E-state index contributed by atoms with van der Waals surface area (Å²) < 4.78 is 5.73. The average molecular weight is 239 g/mol. The molecule has 3 heterocycles. The first-order chi connectivity index (χ1) is 8.21. The summed E-state index contributed by atoms with van der Waals surface area (Å²) in [5.74, 6) is 0.180. The maximum absolute atomic E-state index is 12.4. The van der Waals surface area contributed by atoms with Gasteiger partial charge in [-0.1, -0.05) is 0 Å². The second-order valence-electron chi connectivity index (χ2n) is 5.48. The number of likely N-dealkylation sites (tertiary alicyclic amines) is 1. The smallest absolute Gasteiger partial charge is 0.253 e. The molecular weight excluding hydrogens is 218 g/mol. The SMILES string of the molecule is C[C@@H]1CNC[C@H](C(=O)N2CCC23CCNC3)O1. The molecule has 3 aliphatic rings. The number of carbonyl (C=O) groups is 1. The lowest BCUT2D eigenvalue weighted by atomic mass is 9.83. The van der Waals surface area contributed by atoms with Gasteiger partial charge in [0.05, 0.1) is 11.6 Å². The second-order valence-corrected chi connectivity index (χ2v) is 5.48. The van der Waals surface area contributed by atoms with Crippen LogP contribution >= 0.6 is 0 Å². The molecule has 5 nitrogen and oxygen atoms in total. The van der Waals surface area contributed by atoms with Crippen LogP contribution in [-0.4, -0.2) is 61.3 Å². The van der Waals surface area contributed by atoms with E-state index >= 15 is 0 Å². The number of amides is 1. The number of morpholine rings is 1. The molecule has 0 aromatic heterocycles. The summed E-state index contributed by atoms with van der Waals surface area (Å²) in [4.78, 5) is 14.5. The number of hydrogen-bond acceptors (Lipinski definition) is 4. The Bertz CT molecular complexity index is 315. The third-order valence-electron chi connectivity index (χ3n) is 4.29. The van der Waals surface area contributed by atoms with E-state index in [1.54, 1.807) is 0 Å². The first-order valence-electron chi connectivity index (χ1n) is 6.60. The standard InChI is InChI=1S/C12H21N3O2/c1-9-6-14-7-10(17-9)11(16)15-5-3-12(15)2-4-13-8-12/h9-10,13-14H,2-8H2,1H3/t9-,10-,12?/m1/s1. The Kier molecular flexibility index (Phi) is 2.84. The van der Waals surface area contributed by atoms with E-state index in [0.29, 0.717) is 6.54 Å². The molecule has 17 heavy (non-hydrogen) atoms. The quantitative estimate of drug-likeness (QED) is 0.637. The predicted molar refractivity (Wildman–Crippen MR) is 63.8 cm³/mol. The highest BCUT2D eigenvalue weighted by Crippen LogP contribution is 2.36. The normalized spacial score (nSPS) is 41.6. The highest BCUT2D eigenvalue weighted by molar-refractivity contribution is 5.83. The first kappa shape index (κ1) is 11.4. The minimum absolute atomic E-state index is 0.112. The van der Waals surface area contributed by atoms with Crippen molar-refractivity contribution < 1.29 is 9.53 Å². The van der Waals surface area contributed by atoms with E-state index < -0.39 is 0 Å². The van der Waals surface area contributed by atoms with Crippen LogP contribution in [0.15, 0.2) is 0 Å². The average Bonchev–Trinajstić information content (AvgIpc) is 2.79. The van der Waals surface area contributed by atoms with Crippen LogP contribution in [0.5, 0.6) is 0 Å². The molecule has 3 rings (SSSR count). The second kappa shape index (κ2) is 4.23. The number of nitrogens with one attached hydrogen (secondary N) is 2. The van der Waals surface area contributed by atoms with E-state index in [9.17, 15) is 4.79 Å². The Morgan fingerprint density at radius 3 is 2.82 bits per heavy atom. The van der Waals surface area contributed by atoms with Crippen molar-refractivity contribution in [1.29, 1.82) is 0 Å². The summed E-state index contributed by atoms with van der Waals surface area (Å²) in [6.07, 6.45) is 2.09. The van der Waals surface area contributed by atoms with Crippen molar-refractivity contribution in [2.24, 2.45) is 0 Å². The van der Waals surface area contributed by atoms with Gasteiger partial charge < -0.3 is 20.3 Å². The van der Waals surface area contributed by atoms with Crippen LogP contribution in [0.3, 0.4) is 0 Å². The summed E-state index contributed by atoms with van der Waals surface area (Å²) in [7, 11) is 0. The van der Waals surface area contributed by atoms with E-state index in [-0.39, 0.29) is 23.7 Å². The van der Waals surface area contributed by atoms with Gasteiger partial charge in [0.25, 0.3) is 5.91 Å². The lowest BCUT2D eigenvalue weighted by Crippen LogP contribution is -2.67. The van der Waals surface area contributed by atoms with Crippen LogP contribution in [0, 0.1) is 0 Å². The van der Waals surface area contributed by atoms with Gasteiger partial charge in [-0.05, 0) is 26.3 Å². The molecule has 96 valence electrons. The van der Waals surface area contributed by atoms with E-state index in [0.717, 1.165) is 39.0 Å². The molecule has 0 saturated carbocycles. The van der Waals surface area contributed by atoms with Crippen LogP contribution in [0.25, 0.3) is 0 Å². The molecule has 0 aromatic carbocycles. The third-order valence-corrected chi connectivity index (χ3v) is 4.29. The number of rotatable bonds is 1. The minimum atomic E-state index is -0.281. The maximum Gasteiger partial charge on any atom is 0.253 e. The molecule has 1 spiro atoms. The minimum Gasteiger partial charge on any atom is -0.363 e. The Morgan fingerprint density at radius 1 is 1.35 bits per heavy atom. The Labute approximate surface area is 102 Å². The molecule has 0 radical (unpaired) electrons. The molecule has 3 atom stereocenters. The zero-order valence-electron chi connectivity index (χ0n) is 10.4. The molecule has 2 N–H and O–H groups in total. The highest BCUT2D eigenvalue weighted by atomic mass is 16.5. The first-order valence-corrected chi connectivity index (χ1v) is 6.60. The molecule has 5 heteroatoms. The molecule has 3 fully saturated rings. The lowest BCUT2D eigenvalue weighted by Gasteiger charge is -2.51. The molecule has 1 amide bonds. The van der Waals surface area contributed by atoms with Crippen molar-refractivity contribution in [1.82, 2.24) is 15.5 Å². The van der Waals surface area contributed by atoms with Crippen molar-refractivity contribution >= 4 is 5.91 Å². The van der Waals surface area contributed by atoms with Crippen molar-refractivity contribution in [2.75, 3.05) is 32.7 Å². The van der Waals surface area contributed by atoms with E-state index in [2.05, 4.69) is 10.6 Å². The van der Waals surface area contributed by atoms with Gasteiger partial charge in [-0.2, -0.15) is 0 Å². The zero-order valence-corrected chi connectivity index (χ0v) is 10.4. The molecule has 3 saturated heterocycles. The molecular formula is C12H21N3O2. The summed E-state index contributed by atoms with van der Waals surface area (Å²) in [5, 5.41) is 6.62. The van der Waals surface area contributed by atoms with Crippen LogP contribution in [0.1, 0.15) is 19.8 Å². The van der Waals surface area contributed by atoms with Crippen molar-refractivity contribution in [2.45, 2.75) is 37.5 Å². The molecule has 3 aliphatic heterocycles. The summed E-state index contributed by atoms with van der Waals surface area (Å²) in [5.41, 5.74) is 0.112. The van der Waals surface area contributed by atoms with Gasteiger partial charge in [0, 0.05) is 26.2 Å². The Balaban J connectivity index is 1.66. The maximum atomic E-state index is 12.4. The van der Waals surface area contributed by atoms with Gasteiger partial charge in [-0.15, -0.1) is 0 Å². The van der Waals surface area contributed by atoms with Gasteiger partial charge in [0.15, 0.2) is 0 Å². The summed E-state index contributed by atoms with van der Waals surface area (Å²) in [6.45, 7) is 6.39. The third kappa shape index (κ3) is 1.86. The monoisotopic (exact) mass is 239 g/mol. The van der Waals surface area contributed by atoms with E-state index in [4.69, 9.17) is 4.74 Å². The van der Waals surface area contributed by atoms with E-state index in [1.807, 2.05) is 11.8 Å². The van der Waals surface area contributed by atoms with Crippen LogP contribution in [-0.2, 0) is 9.53 Å². The van der Waals surface area contributed by atoms with Gasteiger partial charge in [0.2, 0.25) is 0 Å². The number of ether oxygens (including phenoxy) is 1.